The van der Waals surface area contributed by atoms with Crippen molar-refractivity contribution in [3.05, 3.63) is 170 Å². The first-order valence-electron chi connectivity index (χ1n) is 14.7. The van der Waals surface area contributed by atoms with Crippen molar-refractivity contribution >= 4 is 25.3 Å². The molecule has 0 bridgehead atoms. The summed E-state index contributed by atoms with van der Waals surface area (Å²) in [6.45, 7) is 0. The van der Waals surface area contributed by atoms with E-state index in [1.165, 1.54) is 55.6 Å². The molecule has 0 spiro atoms. The van der Waals surface area contributed by atoms with Crippen molar-refractivity contribution in [3.8, 4) is 66.8 Å². The van der Waals surface area contributed by atoms with Crippen LogP contribution in [-0.4, -0.2) is 0 Å². The van der Waals surface area contributed by atoms with Gasteiger partial charge in [0.25, 0.3) is 0 Å². The van der Waals surface area contributed by atoms with E-state index >= 15 is 0 Å². The summed E-state index contributed by atoms with van der Waals surface area (Å²) in [5, 5.41) is 0. The Hall–Kier alpha value is -4.76. The topological polar surface area (TPSA) is 0 Å². The van der Waals surface area contributed by atoms with Crippen molar-refractivity contribution in [2.24, 2.45) is 0 Å². The first-order valence-corrected chi connectivity index (χ1v) is 15.6. The number of thiol groups is 2. The van der Waals surface area contributed by atoms with Crippen molar-refractivity contribution in [1.29, 1.82) is 0 Å². The Morgan fingerprint density at radius 2 is 0.386 bits per heavy atom. The lowest BCUT2D eigenvalue weighted by Gasteiger charge is -2.28. The van der Waals surface area contributed by atoms with E-state index in [2.05, 4.69) is 195 Å². The van der Waals surface area contributed by atoms with Gasteiger partial charge in [0, 0.05) is 9.79 Å². The predicted molar refractivity (Wildman–Crippen MR) is 194 cm³/mol. The van der Waals surface area contributed by atoms with Crippen molar-refractivity contribution in [2.75, 3.05) is 0 Å². The van der Waals surface area contributed by atoms with Crippen molar-refractivity contribution in [2.45, 2.75) is 9.79 Å². The van der Waals surface area contributed by atoms with E-state index < -0.39 is 0 Å². The number of hydrogen-bond acceptors (Lipinski definition) is 2. The Morgan fingerprint density at radius 3 is 0.591 bits per heavy atom. The van der Waals surface area contributed by atoms with Gasteiger partial charge in [-0.3, -0.25) is 0 Å². The van der Waals surface area contributed by atoms with Crippen LogP contribution in [0.4, 0.5) is 0 Å². The summed E-state index contributed by atoms with van der Waals surface area (Å²) >= 11 is 9.32. The maximum absolute atomic E-state index is 4.66. The van der Waals surface area contributed by atoms with Gasteiger partial charge >= 0.3 is 0 Å². The summed E-state index contributed by atoms with van der Waals surface area (Å²) in [5.41, 5.74) is 14.2. The first-order chi connectivity index (χ1) is 21.7. The highest BCUT2D eigenvalue weighted by Crippen LogP contribution is 2.55. The van der Waals surface area contributed by atoms with Crippen LogP contribution in [0.15, 0.2) is 180 Å². The molecular weight excluding hydrogens is 569 g/mol. The molecule has 44 heavy (non-hydrogen) atoms. The minimum absolute atomic E-state index is 0.934. The minimum atomic E-state index is 0.934. The second-order valence-corrected chi connectivity index (χ2v) is 11.8. The maximum Gasteiger partial charge on any atom is 0.00404 e. The molecule has 0 saturated heterocycles. The summed E-state index contributed by atoms with van der Waals surface area (Å²) in [4.78, 5) is 1.87. The third-order valence-electron chi connectivity index (χ3n) is 8.06. The molecule has 0 aliphatic heterocycles. The SMILES string of the molecule is Sc1ccc(-c2c(-c3ccccc3)c(-c3ccccc3)c(-c3ccccc3)c(-c3ccccc3)c2-c2ccc(S)cc2)cc1. The van der Waals surface area contributed by atoms with E-state index in [-0.39, 0.29) is 0 Å². The summed E-state index contributed by atoms with van der Waals surface area (Å²) in [5.74, 6) is 0. The quantitative estimate of drug-likeness (QED) is 0.175. The highest BCUT2D eigenvalue weighted by Gasteiger charge is 2.28. The fourth-order valence-electron chi connectivity index (χ4n) is 6.16. The number of rotatable bonds is 6. The Morgan fingerprint density at radius 1 is 0.205 bits per heavy atom. The lowest BCUT2D eigenvalue weighted by Crippen LogP contribution is -2.02. The normalized spacial score (nSPS) is 11.0. The molecule has 0 aromatic heterocycles. The molecular formula is C42H30S2. The van der Waals surface area contributed by atoms with E-state index in [4.69, 9.17) is 0 Å². The Labute approximate surface area is 270 Å². The molecule has 7 rings (SSSR count). The second kappa shape index (κ2) is 12.5. The molecule has 0 amide bonds. The molecule has 7 aromatic rings. The number of benzene rings is 7. The van der Waals surface area contributed by atoms with E-state index in [0.29, 0.717) is 0 Å². The molecule has 0 unspecified atom stereocenters. The molecule has 0 saturated carbocycles. The smallest absolute Gasteiger partial charge is 0.00404 e. The largest absolute Gasteiger partial charge is 0.143 e. The third-order valence-corrected chi connectivity index (χ3v) is 8.66. The monoisotopic (exact) mass is 598 g/mol. The predicted octanol–water partition coefficient (Wildman–Crippen LogP) is 12.3. The van der Waals surface area contributed by atoms with Gasteiger partial charge in [-0.2, -0.15) is 0 Å². The Bertz CT molecular complexity index is 1860. The van der Waals surface area contributed by atoms with Crippen LogP contribution < -0.4 is 0 Å². The van der Waals surface area contributed by atoms with Crippen LogP contribution >= 0.6 is 25.3 Å². The zero-order chi connectivity index (χ0) is 29.9. The van der Waals surface area contributed by atoms with E-state index in [9.17, 15) is 0 Å². The lowest BCUT2D eigenvalue weighted by molar-refractivity contribution is 1.44. The van der Waals surface area contributed by atoms with Crippen LogP contribution in [0.3, 0.4) is 0 Å². The molecule has 7 aromatic carbocycles. The highest BCUT2D eigenvalue weighted by molar-refractivity contribution is 7.80. The third kappa shape index (κ3) is 5.39. The summed E-state index contributed by atoms with van der Waals surface area (Å²) in [6.07, 6.45) is 0. The molecule has 0 atom stereocenters. The standard InChI is InChI=1S/C42H30S2/c43-35-25-21-33(22-26-35)41-39(31-17-9-3-10-18-31)37(29-13-5-1-6-14-29)38(30-15-7-2-8-16-30)40(32-19-11-4-12-20-32)42(41)34-23-27-36(44)28-24-34/h1-28,43-44H. The lowest BCUT2D eigenvalue weighted by atomic mass is 9.74. The van der Waals surface area contributed by atoms with Crippen LogP contribution in [0.25, 0.3) is 66.8 Å². The molecule has 0 radical (unpaired) electrons. The van der Waals surface area contributed by atoms with Crippen molar-refractivity contribution in [1.82, 2.24) is 0 Å². The highest BCUT2D eigenvalue weighted by atomic mass is 32.1. The molecule has 0 aliphatic rings. The van der Waals surface area contributed by atoms with Gasteiger partial charge in [0.1, 0.15) is 0 Å². The second-order valence-electron chi connectivity index (χ2n) is 10.8. The zero-order valence-electron chi connectivity index (χ0n) is 24.1. The van der Waals surface area contributed by atoms with Gasteiger partial charge < -0.3 is 0 Å². The minimum Gasteiger partial charge on any atom is -0.143 e. The molecule has 210 valence electrons. The molecule has 0 heterocycles. The van der Waals surface area contributed by atoms with E-state index in [1.807, 2.05) is 0 Å². The van der Waals surface area contributed by atoms with E-state index in [1.54, 1.807) is 0 Å². The van der Waals surface area contributed by atoms with Gasteiger partial charge in [0.05, 0.1) is 0 Å². The van der Waals surface area contributed by atoms with Crippen LogP contribution in [0, 0.1) is 0 Å². The number of hydrogen-bond donors (Lipinski definition) is 2. The van der Waals surface area contributed by atoms with Gasteiger partial charge in [-0.1, -0.05) is 146 Å². The Balaban J connectivity index is 1.81. The zero-order valence-corrected chi connectivity index (χ0v) is 25.8. The van der Waals surface area contributed by atoms with Crippen LogP contribution in [0.1, 0.15) is 0 Å². The van der Waals surface area contributed by atoms with Gasteiger partial charge in [0.15, 0.2) is 0 Å². The van der Waals surface area contributed by atoms with Gasteiger partial charge in [0.2, 0.25) is 0 Å². The fourth-order valence-corrected chi connectivity index (χ4v) is 6.46. The average Bonchev–Trinajstić information content (AvgIpc) is 3.09. The van der Waals surface area contributed by atoms with Crippen LogP contribution in [0.5, 0.6) is 0 Å². The van der Waals surface area contributed by atoms with Crippen LogP contribution in [0.2, 0.25) is 0 Å². The van der Waals surface area contributed by atoms with E-state index in [0.717, 1.165) is 20.9 Å². The maximum atomic E-state index is 4.66. The van der Waals surface area contributed by atoms with Crippen molar-refractivity contribution in [3.63, 3.8) is 0 Å². The van der Waals surface area contributed by atoms with Crippen LogP contribution in [-0.2, 0) is 0 Å². The molecule has 0 nitrogen and oxygen atoms in total. The molecule has 2 heteroatoms. The summed E-state index contributed by atoms with van der Waals surface area (Å²) in [6, 6.07) is 60.4. The van der Waals surface area contributed by atoms with Gasteiger partial charge in [-0.25, -0.2) is 0 Å². The summed E-state index contributed by atoms with van der Waals surface area (Å²) < 4.78 is 0. The molecule has 0 aliphatic carbocycles. The van der Waals surface area contributed by atoms with Gasteiger partial charge in [-0.05, 0) is 91.0 Å². The summed E-state index contributed by atoms with van der Waals surface area (Å²) in [7, 11) is 0. The van der Waals surface area contributed by atoms with Crippen molar-refractivity contribution < 1.29 is 0 Å². The molecule has 0 N–H and O–H groups in total. The van der Waals surface area contributed by atoms with Gasteiger partial charge in [-0.15, -0.1) is 25.3 Å². The Kier molecular flexibility index (Phi) is 7.94. The molecule has 0 fully saturated rings. The average molecular weight is 599 g/mol. The first kappa shape index (κ1) is 28.0. The fraction of sp³-hybridized carbons (Fsp3) is 0.